The first-order valence-corrected chi connectivity index (χ1v) is 10.0. The van der Waals surface area contributed by atoms with Crippen molar-refractivity contribution in [3.05, 3.63) is 86.3 Å². The maximum absolute atomic E-state index is 12.9. The predicted molar refractivity (Wildman–Crippen MR) is 116 cm³/mol. The number of esters is 1. The number of ether oxygens (including phenoxy) is 1. The van der Waals surface area contributed by atoms with E-state index in [0.717, 1.165) is 5.69 Å². The molecule has 31 heavy (non-hydrogen) atoms. The number of aryl methyl sites for hydroxylation is 1. The molecule has 0 aliphatic heterocycles. The van der Waals surface area contributed by atoms with Crippen LogP contribution in [0.3, 0.4) is 0 Å². The number of fused-ring (bicyclic) bond motifs is 2. The molecule has 0 N–H and O–H groups in total. The highest BCUT2D eigenvalue weighted by atomic mass is 16.5. The summed E-state index contributed by atoms with van der Waals surface area (Å²) in [6.07, 6.45) is 0. The molecule has 4 rings (SSSR count). The quantitative estimate of drug-likeness (QED) is 0.463. The minimum Gasteiger partial charge on any atom is -0.454 e. The second kappa shape index (κ2) is 8.14. The summed E-state index contributed by atoms with van der Waals surface area (Å²) in [6.45, 7) is 5.95. The van der Waals surface area contributed by atoms with Crippen LogP contribution in [0.5, 0.6) is 0 Å². The zero-order valence-electron chi connectivity index (χ0n) is 17.5. The monoisotopic (exact) mass is 418 g/mol. The predicted octanol–water partition coefficient (Wildman–Crippen LogP) is 2.73. The van der Waals surface area contributed by atoms with E-state index in [-0.39, 0.29) is 29.3 Å². The van der Waals surface area contributed by atoms with Crippen LogP contribution >= 0.6 is 0 Å². The number of benzene rings is 1. The lowest BCUT2D eigenvalue weighted by Gasteiger charge is -2.12. The third-order valence-electron chi connectivity index (χ3n) is 4.88. The third kappa shape index (κ3) is 3.96. The highest BCUT2D eigenvalue weighted by Gasteiger charge is 2.19. The molecule has 158 valence electrons. The van der Waals surface area contributed by atoms with Crippen molar-refractivity contribution in [1.29, 1.82) is 0 Å². The smallest absolute Gasteiger partial charge is 0.359 e. The Balaban J connectivity index is 1.68. The summed E-state index contributed by atoms with van der Waals surface area (Å²) in [5, 5.41) is 5.11. The number of aromatic nitrogens is 4. The fourth-order valence-electron chi connectivity index (χ4n) is 3.50. The molecule has 8 nitrogen and oxygen atoms in total. The molecule has 0 spiro atoms. The van der Waals surface area contributed by atoms with Gasteiger partial charge < -0.3 is 4.74 Å². The summed E-state index contributed by atoms with van der Waals surface area (Å²) >= 11 is 0. The number of nitrogens with zero attached hydrogens (tertiary/aromatic N) is 4. The van der Waals surface area contributed by atoms with Gasteiger partial charge in [-0.1, -0.05) is 38.1 Å². The normalized spacial score (nSPS) is 11.4. The molecule has 8 heteroatoms. The summed E-state index contributed by atoms with van der Waals surface area (Å²) in [7, 11) is 0. The van der Waals surface area contributed by atoms with Crippen LogP contribution in [0.2, 0.25) is 0 Å². The molecule has 0 bridgehead atoms. The van der Waals surface area contributed by atoms with Crippen molar-refractivity contribution in [1.82, 2.24) is 19.2 Å². The van der Waals surface area contributed by atoms with Crippen LogP contribution in [0.25, 0.3) is 16.4 Å². The molecule has 0 unspecified atom stereocenters. The summed E-state index contributed by atoms with van der Waals surface area (Å²) in [6, 6.07) is 13.5. The minimum absolute atomic E-state index is 0.0594. The van der Waals surface area contributed by atoms with Gasteiger partial charge in [0.05, 0.1) is 11.1 Å². The number of pyridine rings is 1. The molecular weight excluding hydrogens is 396 g/mol. The average Bonchev–Trinajstić information content (AvgIpc) is 2.73. The molecule has 0 radical (unpaired) electrons. The van der Waals surface area contributed by atoms with Gasteiger partial charge in [-0.15, -0.1) is 0 Å². The van der Waals surface area contributed by atoms with Crippen LogP contribution in [0.4, 0.5) is 0 Å². The van der Waals surface area contributed by atoms with Gasteiger partial charge in [-0.2, -0.15) is 5.10 Å². The lowest BCUT2D eigenvalue weighted by atomic mass is 10.1. The van der Waals surface area contributed by atoms with E-state index in [1.807, 2.05) is 26.8 Å². The zero-order chi connectivity index (χ0) is 22.1. The fraction of sp³-hybridized carbons (Fsp3) is 0.261. The van der Waals surface area contributed by atoms with E-state index in [1.165, 1.54) is 15.1 Å². The van der Waals surface area contributed by atoms with Crippen molar-refractivity contribution in [2.75, 3.05) is 0 Å². The number of hydrogen-bond acceptors (Lipinski definition) is 6. The molecule has 0 aliphatic rings. The Hall–Kier alpha value is -3.81. The standard InChI is InChI=1S/C23H22N4O4/c1-14(2)12-26-22(29)18-9-5-4-8-17(18)21(25-26)23(30)31-13-16-11-20(28)27-15(3)7-6-10-19(27)24-16/h4-11,14H,12-13H2,1-3H3. The van der Waals surface area contributed by atoms with Gasteiger partial charge >= 0.3 is 5.97 Å². The van der Waals surface area contributed by atoms with Crippen LogP contribution in [0.1, 0.15) is 35.7 Å². The maximum Gasteiger partial charge on any atom is 0.359 e. The Morgan fingerprint density at radius 1 is 1.06 bits per heavy atom. The molecule has 0 amide bonds. The Bertz CT molecular complexity index is 1420. The van der Waals surface area contributed by atoms with E-state index in [0.29, 0.717) is 28.7 Å². The largest absolute Gasteiger partial charge is 0.454 e. The number of rotatable bonds is 5. The first-order chi connectivity index (χ1) is 14.8. The summed E-state index contributed by atoms with van der Waals surface area (Å²) < 4.78 is 8.22. The number of carbonyl (C=O) groups excluding carboxylic acids is 1. The first-order valence-electron chi connectivity index (χ1n) is 10.0. The van der Waals surface area contributed by atoms with Crippen LogP contribution in [0.15, 0.2) is 58.1 Å². The van der Waals surface area contributed by atoms with E-state index in [2.05, 4.69) is 10.1 Å². The molecule has 0 saturated carbocycles. The molecule has 3 aromatic heterocycles. The molecule has 4 aromatic rings. The van der Waals surface area contributed by atoms with Crippen LogP contribution in [-0.4, -0.2) is 25.1 Å². The van der Waals surface area contributed by atoms with Crippen molar-refractivity contribution in [3.63, 3.8) is 0 Å². The van der Waals surface area contributed by atoms with E-state index in [1.54, 1.807) is 36.4 Å². The van der Waals surface area contributed by atoms with Gasteiger partial charge in [-0.25, -0.2) is 14.5 Å². The van der Waals surface area contributed by atoms with Crippen molar-refractivity contribution < 1.29 is 9.53 Å². The van der Waals surface area contributed by atoms with Gasteiger partial charge in [-0.3, -0.25) is 14.0 Å². The fourth-order valence-corrected chi connectivity index (χ4v) is 3.50. The first kappa shape index (κ1) is 20.5. The van der Waals surface area contributed by atoms with Gasteiger partial charge in [0.25, 0.3) is 11.1 Å². The lowest BCUT2D eigenvalue weighted by Crippen LogP contribution is -2.28. The van der Waals surface area contributed by atoms with E-state index < -0.39 is 5.97 Å². The maximum atomic E-state index is 12.9. The summed E-state index contributed by atoms with van der Waals surface area (Å²) in [5.74, 6) is -0.506. The van der Waals surface area contributed by atoms with Gasteiger partial charge in [-0.05, 0) is 31.0 Å². The lowest BCUT2D eigenvalue weighted by molar-refractivity contribution is 0.0460. The molecule has 0 saturated heterocycles. The molecule has 0 atom stereocenters. The van der Waals surface area contributed by atoms with Crippen LogP contribution in [-0.2, 0) is 17.9 Å². The van der Waals surface area contributed by atoms with Crippen molar-refractivity contribution in [3.8, 4) is 0 Å². The molecule has 0 fully saturated rings. The zero-order valence-corrected chi connectivity index (χ0v) is 17.5. The van der Waals surface area contributed by atoms with Crippen LogP contribution in [0, 0.1) is 12.8 Å². The Morgan fingerprint density at radius 2 is 1.81 bits per heavy atom. The van der Waals surface area contributed by atoms with Crippen molar-refractivity contribution in [2.24, 2.45) is 5.92 Å². The second-order valence-electron chi connectivity index (χ2n) is 7.80. The molecular formula is C23H22N4O4. The van der Waals surface area contributed by atoms with E-state index >= 15 is 0 Å². The van der Waals surface area contributed by atoms with Crippen LogP contribution < -0.4 is 11.1 Å². The second-order valence-corrected chi connectivity index (χ2v) is 7.80. The number of hydrogen-bond donors (Lipinski definition) is 0. The molecule has 1 aromatic carbocycles. The molecule has 0 aliphatic carbocycles. The topological polar surface area (TPSA) is 95.6 Å². The SMILES string of the molecule is Cc1cccc2nc(COC(=O)c3nn(CC(C)C)c(=O)c4ccccc34)cc(=O)n12. The van der Waals surface area contributed by atoms with Gasteiger partial charge in [0, 0.05) is 23.7 Å². The number of carbonyl (C=O) groups is 1. The summed E-state index contributed by atoms with van der Waals surface area (Å²) in [4.78, 5) is 42.4. The van der Waals surface area contributed by atoms with Crippen molar-refractivity contribution in [2.45, 2.75) is 33.9 Å². The Morgan fingerprint density at radius 3 is 2.55 bits per heavy atom. The molecule has 3 heterocycles. The van der Waals surface area contributed by atoms with E-state index in [4.69, 9.17) is 4.74 Å². The van der Waals surface area contributed by atoms with Crippen molar-refractivity contribution >= 4 is 22.4 Å². The highest BCUT2D eigenvalue weighted by molar-refractivity contribution is 6.02. The Labute approximate surface area is 177 Å². The van der Waals surface area contributed by atoms with E-state index in [9.17, 15) is 14.4 Å². The van der Waals surface area contributed by atoms with Gasteiger partial charge in [0.15, 0.2) is 5.69 Å². The summed E-state index contributed by atoms with van der Waals surface area (Å²) in [5.41, 5.74) is 1.14. The highest BCUT2D eigenvalue weighted by Crippen LogP contribution is 2.15. The van der Waals surface area contributed by atoms with Gasteiger partial charge in [0.1, 0.15) is 12.3 Å². The minimum atomic E-state index is -0.681. The van der Waals surface area contributed by atoms with Gasteiger partial charge in [0.2, 0.25) is 0 Å². The Kier molecular flexibility index (Phi) is 5.37. The third-order valence-corrected chi connectivity index (χ3v) is 4.88. The average molecular weight is 418 g/mol.